The van der Waals surface area contributed by atoms with Gasteiger partial charge >= 0.3 is 18.5 Å². The minimum Gasteiger partial charge on any atom is -0.289 e. The van der Waals surface area contributed by atoms with Gasteiger partial charge in [0.05, 0.1) is 10.6 Å². The Morgan fingerprint density at radius 2 is 1.49 bits per heavy atom. The predicted molar refractivity (Wildman–Crippen MR) is 106 cm³/mol. The van der Waals surface area contributed by atoms with Crippen LogP contribution in [-0.2, 0) is 28.6 Å². The fraction of sp³-hybridized carbons (Fsp3) is 0.167. The van der Waals surface area contributed by atoms with Crippen LogP contribution in [0.5, 0.6) is 0 Å². The molecule has 0 spiro atoms. The number of halogens is 10. The molecule has 37 heavy (non-hydrogen) atoms. The smallest absolute Gasteiger partial charge is 0.289 e. The van der Waals surface area contributed by atoms with Gasteiger partial charge in [0.25, 0.3) is 15.9 Å². The summed E-state index contributed by atoms with van der Waals surface area (Å²) in [7, 11) is -4.83. The van der Waals surface area contributed by atoms with Crippen LogP contribution in [0.25, 0.3) is 5.82 Å². The second-order valence-electron chi connectivity index (χ2n) is 6.93. The number of carbonyl (C=O) groups excluding carboxylic acids is 1. The predicted octanol–water partition coefficient (Wildman–Crippen LogP) is 4.60. The summed E-state index contributed by atoms with van der Waals surface area (Å²) in [5.41, 5.74) is -5.15. The van der Waals surface area contributed by atoms with Crippen LogP contribution in [0.3, 0.4) is 0 Å². The maximum absolute atomic E-state index is 12.9. The molecule has 0 aliphatic carbocycles. The van der Waals surface area contributed by atoms with Crippen LogP contribution in [0.1, 0.15) is 27.3 Å². The number of hydrogen-bond acceptors (Lipinski definition) is 5. The lowest BCUT2D eigenvalue weighted by molar-refractivity contribution is -0.150. The molecule has 3 aromatic rings. The Morgan fingerprint density at radius 1 is 0.919 bits per heavy atom. The van der Waals surface area contributed by atoms with Crippen LogP contribution in [0.15, 0.2) is 47.8 Å². The van der Waals surface area contributed by atoms with Gasteiger partial charge in [0.15, 0.2) is 10.8 Å². The highest BCUT2D eigenvalue weighted by molar-refractivity contribution is 7.89. The highest BCUT2D eigenvalue weighted by atomic mass is 35.5. The van der Waals surface area contributed by atoms with E-state index < -0.39 is 72.8 Å². The van der Waals surface area contributed by atoms with E-state index in [9.17, 15) is 52.7 Å². The Hall–Kier alpha value is -3.38. The summed E-state index contributed by atoms with van der Waals surface area (Å²) in [6.07, 6.45) is -14.2. The minimum absolute atomic E-state index is 0.0343. The number of alkyl halides is 9. The van der Waals surface area contributed by atoms with Gasteiger partial charge in [-0.25, -0.2) is 18.4 Å². The van der Waals surface area contributed by atoms with Gasteiger partial charge in [-0.05, 0) is 30.3 Å². The van der Waals surface area contributed by atoms with Gasteiger partial charge in [0.1, 0.15) is 11.4 Å². The van der Waals surface area contributed by atoms with Crippen LogP contribution < -0.4 is 10.3 Å². The summed E-state index contributed by atoms with van der Waals surface area (Å²) in [6.45, 7) is 0. The zero-order chi connectivity index (χ0) is 28.0. The molecule has 0 bridgehead atoms. The van der Waals surface area contributed by atoms with Gasteiger partial charge in [0.2, 0.25) is 0 Å². The van der Waals surface area contributed by atoms with Gasteiger partial charge in [-0.1, -0.05) is 11.6 Å². The van der Waals surface area contributed by atoms with Crippen molar-refractivity contribution in [3.8, 4) is 5.82 Å². The van der Waals surface area contributed by atoms with E-state index in [1.807, 2.05) is 0 Å². The van der Waals surface area contributed by atoms with E-state index in [4.69, 9.17) is 11.6 Å². The molecule has 3 heterocycles. The number of pyridine rings is 2. The molecule has 0 radical (unpaired) electrons. The molecule has 200 valence electrons. The van der Waals surface area contributed by atoms with E-state index >= 15 is 0 Å². The fourth-order valence-electron chi connectivity index (χ4n) is 2.71. The molecule has 3 rings (SSSR count). The Kier molecular flexibility index (Phi) is 7.23. The second kappa shape index (κ2) is 9.49. The SMILES string of the molecule is O=C(NNS(=O)(=O)c1cccn1-c1ncc(C(F)(F)F)cc1Cl)c1cc(C(F)(F)F)nc(C(F)(F)F)c1. The third-order valence-electron chi connectivity index (χ3n) is 4.33. The number of hydrazine groups is 1. The van der Waals surface area contributed by atoms with Crippen molar-refractivity contribution in [1.82, 2.24) is 24.8 Å². The Bertz CT molecular complexity index is 1420. The van der Waals surface area contributed by atoms with E-state index in [2.05, 4.69) is 9.97 Å². The molecule has 2 N–H and O–H groups in total. The number of nitrogens with zero attached hydrogens (tertiary/aromatic N) is 3. The molecule has 0 aromatic carbocycles. The highest BCUT2D eigenvalue weighted by Crippen LogP contribution is 2.34. The van der Waals surface area contributed by atoms with Crippen LogP contribution >= 0.6 is 11.6 Å². The number of hydrogen-bond donors (Lipinski definition) is 2. The maximum Gasteiger partial charge on any atom is 0.433 e. The van der Waals surface area contributed by atoms with Gasteiger partial charge in [0, 0.05) is 18.0 Å². The molecule has 0 saturated heterocycles. The quantitative estimate of drug-likeness (QED) is 0.338. The van der Waals surface area contributed by atoms with Crippen molar-refractivity contribution in [1.29, 1.82) is 0 Å². The van der Waals surface area contributed by atoms with Crippen LogP contribution in [0.2, 0.25) is 5.02 Å². The zero-order valence-corrected chi connectivity index (χ0v) is 18.9. The number of rotatable bonds is 5. The van der Waals surface area contributed by atoms with Gasteiger partial charge in [-0.15, -0.1) is 4.83 Å². The highest BCUT2D eigenvalue weighted by Gasteiger charge is 2.39. The zero-order valence-electron chi connectivity index (χ0n) is 17.3. The first-order valence-electron chi connectivity index (χ1n) is 9.20. The van der Waals surface area contributed by atoms with Crippen molar-refractivity contribution < 1.29 is 52.7 Å². The first-order chi connectivity index (χ1) is 16.8. The van der Waals surface area contributed by atoms with Gasteiger partial charge in [-0.3, -0.25) is 14.8 Å². The van der Waals surface area contributed by atoms with Crippen molar-refractivity contribution >= 4 is 27.5 Å². The summed E-state index contributed by atoms with van der Waals surface area (Å²) < 4.78 is 142. The molecule has 0 aliphatic rings. The summed E-state index contributed by atoms with van der Waals surface area (Å²) in [6, 6.07) is 2.39. The summed E-state index contributed by atoms with van der Waals surface area (Å²) in [4.78, 5) is 19.6. The molecule has 19 heteroatoms. The van der Waals surface area contributed by atoms with Crippen molar-refractivity contribution in [2.24, 2.45) is 0 Å². The topological polar surface area (TPSA) is 106 Å². The average Bonchev–Trinajstić information content (AvgIpc) is 3.26. The third kappa shape index (κ3) is 6.31. The number of nitrogens with one attached hydrogen (secondary N) is 2. The van der Waals surface area contributed by atoms with Crippen LogP contribution in [-0.4, -0.2) is 28.9 Å². The summed E-state index contributed by atoms with van der Waals surface area (Å²) >= 11 is 5.80. The van der Waals surface area contributed by atoms with Gasteiger partial charge in [-0.2, -0.15) is 39.5 Å². The lowest BCUT2D eigenvalue weighted by Gasteiger charge is -2.15. The maximum atomic E-state index is 12.9. The number of carbonyl (C=O) groups is 1. The van der Waals surface area contributed by atoms with Crippen molar-refractivity contribution in [3.63, 3.8) is 0 Å². The minimum atomic E-state index is -5.37. The normalized spacial score (nSPS) is 13.0. The molecule has 3 aromatic heterocycles. The Morgan fingerprint density at radius 3 is 1.97 bits per heavy atom. The summed E-state index contributed by atoms with van der Waals surface area (Å²) in [5.74, 6) is -2.20. The molecular weight excluding hydrogens is 573 g/mol. The number of sulfonamides is 1. The standard InChI is InChI=1S/C18H9ClF9N5O3S/c19-10-6-9(16(20,21)22)7-29-14(10)33-3-1-2-13(33)37(35,36)32-31-15(34)8-4-11(17(23,24)25)30-12(5-8)18(26,27)28/h1-7,32H,(H,31,34). The van der Waals surface area contributed by atoms with Crippen LogP contribution in [0.4, 0.5) is 39.5 Å². The van der Waals surface area contributed by atoms with Gasteiger partial charge < -0.3 is 0 Å². The molecular formula is C18H9ClF9N5O3S. The Labute approximate surface area is 205 Å². The Balaban J connectivity index is 1.90. The third-order valence-corrected chi connectivity index (χ3v) is 5.86. The van der Waals surface area contributed by atoms with E-state index in [0.29, 0.717) is 16.8 Å². The molecule has 0 saturated carbocycles. The molecule has 8 nitrogen and oxygen atoms in total. The van der Waals surface area contributed by atoms with E-state index in [-0.39, 0.29) is 12.1 Å². The summed E-state index contributed by atoms with van der Waals surface area (Å²) in [5, 5.41) is -1.38. The fourth-order valence-corrected chi connectivity index (χ4v) is 3.97. The second-order valence-corrected chi connectivity index (χ2v) is 8.96. The molecule has 0 unspecified atom stereocenters. The first-order valence-corrected chi connectivity index (χ1v) is 11.1. The molecule has 0 atom stereocenters. The largest absolute Gasteiger partial charge is 0.433 e. The van der Waals surface area contributed by atoms with E-state index in [1.54, 1.807) is 0 Å². The monoisotopic (exact) mass is 581 g/mol. The molecule has 0 aliphatic heterocycles. The molecule has 0 fully saturated rings. The number of amides is 1. The number of aromatic nitrogens is 3. The first kappa shape index (κ1) is 28.2. The van der Waals surface area contributed by atoms with E-state index in [1.165, 1.54) is 10.3 Å². The van der Waals surface area contributed by atoms with E-state index in [0.717, 1.165) is 18.3 Å². The lowest BCUT2D eigenvalue weighted by Crippen LogP contribution is -2.42. The van der Waals surface area contributed by atoms with Crippen molar-refractivity contribution in [2.75, 3.05) is 0 Å². The molecule has 1 amide bonds. The van der Waals surface area contributed by atoms with Crippen molar-refractivity contribution in [2.45, 2.75) is 23.6 Å². The lowest BCUT2D eigenvalue weighted by atomic mass is 10.1. The van der Waals surface area contributed by atoms with Crippen LogP contribution in [0, 0.1) is 0 Å². The average molecular weight is 582 g/mol. The van der Waals surface area contributed by atoms with Crippen molar-refractivity contribution in [3.05, 3.63) is 70.3 Å².